The fourth-order valence-corrected chi connectivity index (χ4v) is 2.65. The second-order valence-electron chi connectivity index (χ2n) is 3.72. The first-order valence-corrected chi connectivity index (χ1v) is 7.12. The fourth-order valence-electron chi connectivity index (χ4n) is 1.41. The Kier molecular flexibility index (Phi) is 4.74. The van der Waals surface area contributed by atoms with Gasteiger partial charge < -0.3 is 5.32 Å². The van der Waals surface area contributed by atoms with Crippen LogP contribution in [0.4, 0.5) is 10.1 Å². The molecular weight excluding hydrogens is 310 g/mol. The van der Waals surface area contributed by atoms with E-state index in [1.807, 2.05) is 0 Å². The molecule has 2 rings (SSSR count). The van der Waals surface area contributed by atoms with Gasteiger partial charge in [0.05, 0.1) is 28.7 Å². The SMILES string of the molecule is O=C(Cc1nc(CCl)cs1)Nc1ccc(F)cc1Cl. The number of amides is 1. The van der Waals surface area contributed by atoms with E-state index in [2.05, 4.69) is 10.3 Å². The molecule has 0 aliphatic rings. The summed E-state index contributed by atoms with van der Waals surface area (Å²) >= 11 is 12.8. The summed E-state index contributed by atoms with van der Waals surface area (Å²) in [5.41, 5.74) is 1.12. The lowest BCUT2D eigenvalue weighted by Crippen LogP contribution is -2.14. The monoisotopic (exact) mass is 318 g/mol. The van der Waals surface area contributed by atoms with Crippen LogP contribution in [0.2, 0.25) is 5.02 Å². The zero-order valence-electron chi connectivity index (χ0n) is 9.62. The van der Waals surface area contributed by atoms with E-state index >= 15 is 0 Å². The van der Waals surface area contributed by atoms with Gasteiger partial charge in [0, 0.05) is 5.38 Å². The number of hydrogen-bond donors (Lipinski definition) is 1. The van der Waals surface area contributed by atoms with Gasteiger partial charge in [-0.2, -0.15) is 0 Å². The molecule has 19 heavy (non-hydrogen) atoms. The second kappa shape index (κ2) is 6.32. The van der Waals surface area contributed by atoms with Crippen molar-refractivity contribution < 1.29 is 9.18 Å². The molecule has 1 heterocycles. The van der Waals surface area contributed by atoms with Crippen LogP contribution in [0.15, 0.2) is 23.6 Å². The Morgan fingerprint density at radius 3 is 2.89 bits per heavy atom. The molecule has 2 aromatic rings. The second-order valence-corrected chi connectivity index (χ2v) is 5.33. The van der Waals surface area contributed by atoms with E-state index in [1.54, 1.807) is 5.38 Å². The summed E-state index contributed by atoms with van der Waals surface area (Å²) in [4.78, 5) is 16.0. The van der Waals surface area contributed by atoms with E-state index < -0.39 is 5.82 Å². The number of benzene rings is 1. The Morgan fingerprint density at radius 1 is 1.47 bits per heavy atom. The number of alkyl halides is 1. The highest BCUT2D eigenvalue weighted by atomic mass is 35.5. The Balaban J connectivity index is 2.01. The number of carbonyl (C=O) groups excluding carboxylic acids is 1. The smallest absolute Gasteiger partial charge is 0.231 e. The lowest BCUT2D eigenvalue weighted by molar-refractivity contribution is -0.115. The molecule has 0 spiro atoms. The van der Waals surface area contributed by atoms with Crippen molar-refractivity contribution in [2.45, 2.75) is 12.3 Å². The minimum atomic E-state index is -0.449. The minimum Gasteiger partial charge on any atom is -0.324 e. The van der Waals surface area contributed by atoms with Gasteiger partial charge in [-0.15, -0.1) is 22.9 Å². The average Bonchev–Trinajstić information content (AvgIpc) is 2.80. The van der Waals surface area contributed by atoms with Crippen molar-refractivity contribution in [3.05, 3.63) is 45.1 Å². The third-order valence-corrected chi connectivity index (χ3v) is 3.74. The van der Waals surface area contributed by atoms with Gasteiger partial charge in [-0.1, -0.05) is 11.6 Å². The largest absolute Gasteiger partial charge is 0.324 e. The Hall–Kier alpha value is -1.17. The third kappa shape index (κ3) is 3.89. The van der Waals surface area contributed by atoms with Crippen LogP contribution in [-0.4, -0.2) is 10.9 Å². The molecule has 1 N–H and O–H groups in total. The molecule has 7 heteroatoms. The molecule has 3 nitrogen and oxygen atoms in total. The summed E-state index contributed by atoms with van der Waals surface area (Å²) in [6, 6.07) is 3.80. The molecule has 1 amide bonds. The molecule has 0 unspecified atom stereocenters. The number of thiazole rings is 1. The number of anilines is 1. The average molecular weight is 319 g/mol. The highest BCUT2D eigenvalue weighted by molar-refractivity contribution is 7.09. The first-order chi connectivity index (χ1) is 9.08. The summed E-state index contributed by atoms with van der Waals surface area (Å²) in [6.45, 7) is 0. The number of carbonyl (C=O) groups is 1. The molecule has 0 radical (unpaired) electrons. The van der Waals surface area contributed by atoms with E-state index in [4.69, 9.17) is 23.2 Å². The van der Waals surface area contributed by atoms with Crippen molar-refractivity contribution >= 4 is 46.1 Å². The van der Waals surface area contributed by atoms with Gasteiger partial charge in [-0.25, -0.2) is 9.37 Å². The fraction of sp³-hybridized carbons (Fsp3) is 0.167. The molecule has 1 aromatic heterocycles. The Morgan fingerprint density at radius 2 is 2.26 bits per heavy atom. The first kappa shape index (κ1) is 14.2. The number of hydrogen-bond acceptors (Lipinski definition) is 3. The van der Waals surface area contributed by atoms with Gasteiger partial charge in [0.25, 0.3) is 0 Å². The van der Waals surface area contributed by atoms with Gasteiger partial charge in [0.15, 0.2) is 0 Å². The van der Waals surface area contributed by atoms with Crippen molar-refractivity contribution in [3.8, 4) is 0 Å². The van der Waals surface area contributed by atoms with Crippen molar-refractivity contribution in [1.82, 2.24) is 4.98 Å². The molecule has 0 aliphatic carbocycles. The number of halogens is 3. The van der Waals surface area contributed by atoms with E-state index in [9.17, 15) is 9.18 Å². The number of rotatable bonds is 4. The van der Waals surface area contributed by atoms with Crippen molar-refractivity contribution in [2.75, 3.05) is 5.32 Å². The summed E-state index contributed by atoms with van der Waals surface area (Å²) in [5, 5.41) is 5.25. The number of nitrogens with one attached hydrogen (secondary N) is 1. The highest BCUT2D eigenvalue weighted by Gasteiger charge is 2.10. The third-order valence-electron chi connectivity index (χ3n) is 2.25. The van der Waals surface area contributed by atoms with Gasteiger partial charge in [0.2, 0.25) is 5.91 Å². The van der Waals surface area contributed by atoms with Crippen molar-refractivity contribution in [3.63, 3.8) is 0 Å². The van der Waals surface area contributed by atoms with Crippen LogP contribution < -0.4 is 5.32 Å². The summed E-state index contributed by atoms with van der Waals surface area (Å²) in [7, 11) is 0. The minimum absolute atomic E-state index is 0.134. The quantitative estimate of drug-likeness (QED) is 0.870. The topological polar surface area (TPSA) is 42.0 Å². The summed E-state index contributed by atoms with van der Waals surface area (Å²) in [6.07, 6.45) is 0.134. The van der Waals surface area contributed by atoms with Crippen LogP contribution >= 0.6 is 34.5 Å². The van der Waals surface area contributed by atoms with Crippen LogP contribution in [0.3, 0.4) is 0 Å². The van der Waals surface area contributed by atoms with Crippen molar-refractivity contribution in [2.24, 2.45) is 0 Å². The van der Waals surface area contributed by atoms with Gasteiger partial charge in [0.1, 0.15) is 10.8 Å². The van der Waals surface area contributed by atoms with Gasteiger partial charge >= 0.3 is 0 Å². The van der Waals surface area contributed by atoms with E-state index in [0.29, 0.717) is 16.6 Å². The zero-order chi connectivity index (χ0) is 13.8. The van der Waals surface area contributed by atoms with Crippen LogP contribution in [-0.2, 0) is 17.1 Å². The van der Waals surface area contributed by atoms with Gasteiger partial charge in [-0.05, 0) is 18.2 Å². The maximum atomic E-state index is 12.9. The molecule has 0 saturated carbocycles. The number of aromatic nitrogens is 1. The Bertz CT molecular complexity index is 603. The Labute approximate surface area is 123 Å². The van der Waals surface area contributed by atoms with E-state index in [0.717, 1.165) is 11.8 Å². The van der Waals surface area contributed by atoms with Crippen LogP contribution in [0, 0.1) is 5.82 Å². The highest BCUT2D eigenvalue weighted by Crippen LogP contribution is 2.22. The molecule has 0 aliphatic heterocycles. The molecule has 100 valence electrons. The van der Waals surface area contributed by atoms with Crippen molar-refractivity contribution in [1.29, 1.82) is 0 Å². The lowest BCUT2D eigenvalue weighted by atomic mass is 10.3. The molecule has 0 atom stereocenters. The molecule has 1 aromatic carbocycles. The van der Waals surface area contributed by atoms with E-state index in [-0.39, 0.29) is 17.4 Å². The zero-order valence-corrected chi connectivity index (χ0v) is 11.9. The van der Waals surface area contributed by atoms with E-state index in [1.165, 1.54) is 23.5 Å². The first-order valence-electron chi connectivity index (χ1n) is 5.32. The predicted octanol–water partition coefficient (Wildman–Crippen LogP) is 3.86. The van der Waals surface area contributed by atoms with Crippen LogP contribution in [0.25, 0.3) is 0 Å². The summed E-state index contributed by atoms with van der Waals surface area (Å²) < 4.78 is 12.9. The maximum absolute atomic E-state index is 12.9. The molecule has 0 saturated heterocycles. The summed E-state index contributed by atoms with van der Waals surface area (Å²) in [5.74, 6) is -0.388. The lowest BCUT2D eigenvalue weighted by Gasteiger charge is -2.06. The molecule has 0 fully saturated rings. The van der Waals surface area contributed by atoms with Crippen LogP contribution in [0.5, 0.6) is 0 Å². The standard InChI is InChI=1S/C12H9Cl2FN2OS/c13-5-8-6-19-12(16-8)4-11(18)17-10-2-1-7(15)3-9(10)14/h1-3,6H,4-5H2,(H,17,18). The molecular formula is C12H9Cl2FN2OS. The number of nitrogens with zero attached hydrogens (tertiary/aromatic N) is 1. The maximum Gasteiger partial charge on any atom is 0.231 e. The molecule has 0 bridgehead atoms. The van der Waals surface area contributed by atoms with Crippen LogP contribution in [0.1, 0.15) is 10.7 Å². The predicted molar refractivity (Wildman–Crippen MR) is 75.4 cm³/mol. The normalized spacial score (nSPS) is 10.5. The van der Waals surface area contributed by atoms with Gasteiger partial charge in [-0.3, -0.25) is 4.79 Å².